The van der Waals surface area contributed by atoms with Gasteiger partial charge in [-0.2, -0.15) is 0 Å². The van der Waals surface area contributed by atoms with E-state index >= 15 is 0 Å². The Bertz CT molecular complexity index is 284. The van der Waals surface area contributed by atoms with Crippen LogP contribution in [0.4, 0.5) is 0 Å². The standard InChI is InChI=1S/C14H22O2/c1-3-5-8-14(16-13(15)4-2)10-11-6-7-12(14)9-11/h4,11-12H,2-3,5-10H2,1H3. The van der Waals surface area contributed by atoms with Crippen LogP contribution in [0.1, 0.15) is 51.9 Å². The molecular formula is C14H22O2. The normalized spacial score (nSPS) is 36.3. The van der Waals surface area contributed by atoms with Crippen molar-refractivity contribution in [2.75, 3.05) is 0 Å². The lowest BCUT2D eigenvalue weighted by molar-refractivity contribution is -0.160. The minimum Gasteiger partial charge on any atom is -0.456 e. The first-order valence-electron chi connectivity index (χ1n) is 6.55. The molecule has 0 N–H and O–H groups in total. The molecule has 3 unspecified atom stereocenters. The molecular weight excluding hydrogens is 200 g/mol. The molecule has 2 nitrogen and oxygen atoms in total. The monoisotopic (exact) mass is 222 g/mol. The summed E-state index contributed by atoms with van der Waals surface area (Å²) in [5.41, 5.74) is -0.135. The van der Waals surface area contributed by atoms with E-state index in [0.29, 0.717) is 5.92 Å². The Hall–Kier alpha value is -0.790. The molecule has 16 heavy (non-hydrogen) atoms. The number of ether oxygens (including phenoxy) is 1. The lowest BCUT2D eigenvalue weighted by atomic mass is 9.80. The third-order valence-corrected chi connectivity index (χ3v) is 4.34. The lowest BCUT2D eigenvalue weighted by Crippen LogP contribution is -2.40. The molecule has 0 spiro atoms. The third kappa shape index (κ3) is 2.02. The number of unbranched alkanes of at least 4 members (excludes halogenated alkanes) is 1. The van der Waals surface area contributed by atoms with E-state index in [1.165, 1.54) is 31.8 Å². The van der Waals surface area contributed by atoms with Crippen molar-refractivity contribution in [3.8, 4) is 0 Å². The van der Waals surface area contributed by atoms with Crippen molar-refractivity contribution < 1.29 is 9.53 Å². The Kier molecular flexibility index (Phi) is 3.36. The zero-order valence-electron chi connectivity index (χ0n) is 10.2. The largest absolute Gasteiger partial charge is 0.456 e. The Morgan fingerprint density at radius 1 is 1.56 bits per heavy atom. The third-order valence-electron chi connectivity index (χ3n) is 4.34. The fraction of sp³-hybridized carbons (Fsp3) is 0.786. The van der Waals surface area contributed by atoms with Crippen LogP contribution in [0.25, 0.3) is 0 Å². The van der Waals surface area contributed by atoms with Crippen LogP contribution in [-0.4, -0.2) is 11.6 Å². The van der Waals surface area contributed by atoms with Gasteiger partial charge >= 0.3 is 5.97 Å². The van der Waals surface area contributed by atoms with Crippen LogP contribution in [0.15, 0.2) is 12.7 Å². The molecule has 2 saturated carbocycles. The van der Waals surface area contributed by atoms with Gasteiger partial charge in [0, 0.05) is 6.08 Å². The predicted molar refractivity (Wildman–Crippen MR) is 64.0 cm³/mol. The number of hydrogen-bond acceptors (Lipinski definition) is 2. The van der Waals surface area contributed by atoms with Gasteiger partial charge in [-0.3, -0.25) is 0 Å². The van der Waals surface area contributed by atoms with E-state index in [1.54, 1.807) is 0 Å². The van der Waals surface area contributed by atoms with Crippen molar-refractivity contribution in [3.63, 3.8) is 0 Å². The Morgan fingerprint density at radius 2 is 2.38 bits per heavy atom. The molecule has 2 aliphatic carbocycles. The van der Waals surface area contributed by atoms with Gasteiger partial charge in [0.25, 0.3) is 0 Å². The topological polar surface area (TPSA) is 26.3 Å². The molecule has 2 aliphatic rings. The van der Waals surface area contributed by atoms with Gasteiger partial charge in [-0.1, -0.05) is 19.9 Å². The summed E-state index contributed by atoms with van der Waals surface area (Å²) in [6.07, 6.45) is 9.64. The molecule has 0 aliphatic heterocycles. The van der Waals surface area contributed by atoms with Crippen molar-refractivity contribution in [1.29, 1.82) is 0 Å². The second kappa shape index (κ2) is 4.60. The molecule has 2 rings (SSSR count). The van der Waals surface area contributed by atoms with Crippen molar-refractivity contribution in [2.24, 2.45) is 11.8 Å². The quantitative estimate of drug-likeness (QED) is 0.526. The smallest absolute Gasteiger partial charge is 0.330 e. The van der Waals surface area contributed by atoms with Crippen molar-refractivity contribution >= 4 is 5.97 Å². The number of carbonyl (C=O) groups is 1. The number of hydrogen-bond donors (Lipinski definition) is 0. The summed E-state index contributed by atoms with van der Waals surface area (Å²) >= 11 is 0. The van der Waals surface area contributed by atoms with Gasteiger partial charge in [0.05, 0.1) is 0 Å². The summed E-state index contributed by atoms with van der Waals surface area (Å²) in [6, 6.07) is 0. The van der Waals surface area contributed by atoms with Gasteiger partial charge in [-0.25, -0.2) is 4.79 Å². The van der Waals surface area contributed by atoms with E-state index in [0.717, 1.165) is 25.2 Å². The molecule has 0 aromatic carbocycles. The summed E-state index contributed by atoms with van der Waals surface area (Å²) in [5, 5.41) is 0. The Morgan fingerprint density at radius 3 is 2.88 bits per heavy atom. The molecule has 2 fully saturated rings. The van der Waals surface area contributed by atoms with E-state index < -0.39 is 0 Å². The maximum Gasteiger partial charge on any atom is 0.330 e. The van der Waals surface area contributed by atoms with Gasteiger partial charge in [0.1, 0.15) is 5.60 Å². The predicted octanol–water partition coefficient (Wildman–Crippen LogP) is 3.46. The maximum absolute atomic E-state index is 11.5. The average molecular weight is 222 g/mol. The van der Waals surface area contributed by atoms with E-state index in [-0.39, 0.29) is 11.6 Å². The first-order valence-corrected chi connectivity index (χ1v) is 6.55. The molecule has 0 aromatic heterocycles. The van der Waals surface area contributed by atoms with Crippen LogP contribution in [-0.2, 0) is 9.53 Å². The maximum atomic E-state index is 11.5. The second-order valence-electron chi connectivity index (χ2n) is 5.37. The highest BCUT2D eigenvalue weighted by molar-refractivity contribution is 5.81. The highest BCUT2D eigenvalue weighted by Gasteiger charge is 2.52. The van der Waals surface area contributed by atoms with E-state index in [2.05, 4.69) is 13.5 Å². The first kappa shape index (κ1) is 11.7. The zero-order valence-corrected chi connectivity index (χ0v) is 10.2. The molecule has 0 radical (unpaired) electrons. The van der Waals surface area contributed by atoms with Crippen LogP contribution in [0.3, 0.4) is 0 Å². The summed E-state index contributed by atoms with van der Waals surface area (Å²) in [5.74, 6) is 1.19. The summed E-state index contributed by atoms with van der Waals surface area (Å²) in [6.45, 7) is 5.69. The van der Waals surface area contributed by atoms with Gasteiger partial charge in [-0.05, 0) is 50.4 Å². The van der Waals surface area contributed by atoms with Crippen LogP contribution in [0.2, 0.25) is 0 Å². The molecule has 0 amide bonds. The SMILES string of the molecule is C=CC(=O)OC1(CCCC)CC2CCC1C2. The molecule has 0 heterocycles. The van der Waals surface area contributed by atoms with E-state index in [4.69, 9.17) is 4.74 Å². The van der Waals surface area contributed by atoms with Crippen LogP contribution in [0, 0.1) is 11.8 Å². The van der Waals surface area contributed by atoms with Crippen molar-refractivity contribution in [3.05, 3.63) is 12.7 Å². The highest BCUT2D eigenvalue weighted by atomic mass is 16.6. The lowest BCUT2D eigenvalue weighted by Gasteiger charge is -2.37. The summed E-state index contributed by atoms with van der Waals surface area (Å²) in [7, 11) is 0. The number of carbonyl (C=O) groups excluding carboxylic acids is 1. The minimum absolute atomic E-state index is 0.135. The van der Waals surface area contributed by atoms with Gasteiger partial charge in [-0.15, -0.1) is 0 Å². The fourth-order valence-electron chi connectivity index (χ4n) is 3.59. The zero-order chi connectivity index (χ0) is 11.6. The molecule has 0 aromatic rings. The molecule has 3 atom stereocenters. The number of rotatable bonds is 5. The average Bonchev–Trinajstić information content (AvgIpc) is 2.86. The second-order valence-corrected chi connectivity index (χ2v) is 5.37. The molecule has 0 saturated heterocycles. The molecule has 2 bridgehead atoms. The van der Waals surface area contributed by atoms with Crippen molar-refractivity contribution in [1.82, 2.24) is 0 Å². The van der Waals surface area contributed by atoms with Crippen LogP contribution >= 0.6 is 0 Å². The molecule has 90 valence electrons. The fourth-order valence-corrected chi connectivity index (χ4v) is 3.59. The van der Waals surface area contributed by atoms with E-state index in [1.807, 2.05) is 0 Å². The number of esters is 1. The minimum atomic E-state index is -0.233. The summed E-state index contributed by atoms with van der Waals surface area (Å²) < 4.78 is 5.73. The van der Waals surface area contributed by atoms with Gasteiger partial charge in [0.2, 0.25) is 0 Å². The van der Waals surface area contributed by atoms with Crippen LogP contribution in [0.5, 0.6) is 0 Å². The molecule has 2 heteroatoms. The Balaban J connectivity index is 2.07. The first-order chi connectivity index (χ1) is 7.70. The highest BCUT2D eigenvalue weighted by Crippen LogP contribution is 2.54. The summed E-state index contributed by atoms with van der Waals surface area (Å²) in [4.78, 5) is 11.5. The van der Waals surface area contributed by atoms with E-state index in [9.17, 15) is 4.79 Å². The van der Waals surface area contributed by atoms with Crippen LogP contribution < -0.4 is 0 Å². The van der Waals surface area contributed by atoms with Gasteiger partial charge in [0.15, 0.2) is 0 Å². The Labute approximate surface area is 98.1 Å². The number of fused-ring (bicyclic) bond motifs is 2. The van der Waals surface area contributed by atoms with Crippen molar-refractivity contribution in [2.45, 2.75) is 57.5 Å². The van der Waals surface area contributed by atoms with Gasteiger partial charge < -0.3 is 4.74 Å².